The number of carbonyl (C=O) groups is 3. The molecule has 3 rings (SSSR count). The molecule has 0 saturated carbocycles. The number of fused-ring (bicyclic) bond motifs is 1. The van der Waals surface area contributed by atoms with Gasteiger partial charge in [0.2, 0.25) is 5.91 Å². The molecule has 0 aromatic carbocycles. The maximum Gasteiger partial charge on any atom is 1.00 e. The Balaban J connectivity index is 0.00000243. The molecule has 1 aromatic rings. The second-order valence-electron chi connectivity index (χ2n) is 6.12. The van der Waals surface area contributed by atoms with Crippen molar-refractivity contribution < 1.29 is 49.0 Å². The van der Waals surface area contributed by atoms with Crippen LogP contribution in [0.5, 0.6) is 0 Å². The number of amides is 2. The quantitative estimate of drug-likeness (QED) is 0.293. The van der Waals surface area contributed by atoms with E-state index < -0.39 is 40.0 Å². The molecule has 2 aliphatic rings. The Morgan fingerprint density at radius 1 is 1.50 bits per heavy atom. The summed E-state index contributed by atoms with van der Waals surface area (Å²) in [6, 6.07) is -1.87. The number of halogens is 1. The fourth-order valence-corrected chi connectivity index (χ4v) is 5.37. The Bertz CT molecular complexity index is 800. The van der Waals surface area contributed by atoms with Gasteiger partial charge in [0.05, 0.1) is 23.3 Å². The number of carboxylic acids is 1. The summed E-state index contributed by atoms with van der Waals surface area (Å²) in [5, 5.41) is 15.4. The summed E-state index contributed by atoms with van der Waals surface area (Å²) in [4.78, 5) is 41.4. The second-order valence-corrected chi connectivity index (χ2v) is 9.00. The third kappa shape index (κ3) is 3.50. The van der Waals surface area contributed by atoms with Crippen LogP contribution in [0.25, 0.3) is 5.57 Å². The van der Waals surface area contributed by atoms with Gasteiger partial charge in [0.25, 0.3) is 5.91 Å². The summed E-state index contributed by atoms with van der Waals surface area (Å²) in [5.41, 5.74) is 7.02. The zero-order valence-corrected chi connectivity index (χ0v) is 18.6. The van der Waals surface area contributed by atoms with E-state index in [1.807, 2.05) is 0 Å². The molecular weight excluding hydrogens is 411 g/mol. The van der Waals surface area contributed by atoms with Gasteiger partial charge in [-0.25, -0.2) is 4.98 Å². The van der Waals surface area contributed by atoms with Crippen LogP contribution >= 0.6 is 34.7 Å². The van der Waals surface area contributed by atoms with E-state index in [9.17, 15) is 19.5 Å². The molecule has 1 unspecified atom stereocenters. The van der Waals surface area contributed by atoms with Gasteiger partial charge >= 0.3 is 29.6 Å². The first-order valence-corrected chi connectivity index (χ1v) is 9.40. The molecule has 2 fully saturated rings. The number of aromatic nitrogens is 1. The molecule has 3 heterocycles. The first kappa shape index (κ1) is 21.5. The molecule has 3 atom stereocenters. The van der Waals surface area contributed by atoms with Crippen LogP contribution in [0.15, 0.2) is 10.9 Å². The molecule has 3 N–H and O–H groups in total. The summed E-state index contributed by atoms with van der Waals surface area (Å²) in [6.45, 7) is 3.45. The van der Waals surface area contributed by atoms with Gasteiger partial charge in [-0.15, -0.1) is 23.1 Å². The number of nitrogens with one attached hydrogen (secondary N) is 1. The van der Waals surface area contributed by atoms with E-state index >= 15 is 0 Å². The molecular formula is C14H14ClN4NaO4S2. The Morgan fingerprint density at radius 2 is 2.15 bits per heavy atom. The second kappa shape index (κ2) is 7.69. The third-order valence-corrected chi connectivity index (χ3v) is 6.57. The van der Waals surface area contributed by atoms with Gasteiger partial charge < -0.3 is 25.9 Å². The predicted molar refractivity (Wildman–Crippen MR) is 93.4 cm³/mol. The van der Waals surface area contributed by atoms with E-state index in [0.29, 0.717) is 5.69 Å². The molecule has 26 heavy (non-hydrogen) atoms. The molecule has 2 saturated heterocycles. The van der Waals surface area contributed by atoms with Gasteiger partial charge in [-0.05, 0) is 13.8 Å². The Morgan fingerprint density at radius 3 is 2.65 bits per heavy atom. The summed E-state index contributed by atoms with van der Waals surface area (Å²) < 4.78 is -0.715. The van der Waals surface area contributed by atoms with Crippen molar-refractivity contribution in [1.82, 2.24) is 15.2 Å². The van der Waals surface area contributed by atoms with E-state index in [1.165, 1.54) is 16.7 Å². The summed E-state index contributed by atoms with van der Waals surface area (Å²) in [5.74, 6) is -2.34. The van der Waals surface area contributed by atoms with Crippen LogP contribution < -0.4 is 45.7 Å². The number of aliphatic carboxylic acids is 1. The number of carbonyl (C=O) groups excluding carboxylic acids is 3. The number of thioether (sulfide) groups is 1. The Labute approximate surface area is 184 Å². The molecule has 0 aliphatic carbocycles. The number of nitrogens with zero attached hydrogens (tertiary/aromatic N) is 2. The van der Waals surface area contributed by atoms with Crippen LogP contribution in [-0.4, -0.2) is 49.9 Å². The van der Waals surface area contributed by atoms with E-state index in [1.54, 1.807) is 19.2 Å². The van der Waals surface area contributed by atoms with Crippen molar-refractivity contribution in [1.29, 1.82) is 0 Å². The SMILES string of the molecule is CC1(C)S[C@@H]2C(NC(=O)/C(=C/Cl)c3csc(N)n3)C(=O)N2[C@H]1C(=O)[O-].[Na+]. The molecule has 134 valence electrons. The monoisotopic (exact) mass is 424 g/mol. The maximum atomic E-state index is 12.4. The zero-order chi connectivity index (χ0) is 18.5. The number of rotatable bonds is 4. The minimum atomic E-state index is -1.31. The first-order valence-electron chi connectivity index (χ1n) is 7.21. The Hall–Kier alpha value is -0.780. The van der Waals surface area contributed by atoms with Crippen LogP contribution in [-0.2, 0) is 14.4 Å². The molecule has 2 amide bonds. The average Bonchev–Trinajstić information content (AvgIpc) is 3.05. The minimum absolute atomic E-state index is 0. The molecule has 2 aliphatic heterocycles. The summed E-state index contributed by atoms with van der Waals surface area (Å²) in [6.07, 6.45) is 0. The van der Waals surface area contributed by atoms with E-state index in [2.05, 4.69) is 10.3 Å². The molecule has 0 bridgehead atoms. The van der Waals surface area contributed by atoms with Crippen molar-refractivity contribution in [2.24, 2.45) is 0 Å². The number of nitrogens with two attached hydrogens (primary N) is 1. The number of hydrogen-bond donors (Lipinski definition) is 2. The van der Waals surface area contributed by atoms with Crippen molar-refractivity contribution in [3.8, 4) is 0 Å². The number of β-lactam (4-membered cyclic amide) rings is 1. The third-order valence-electron chi connectivity index (χ3n) is 4.10. The van der Waals surface area contributed by atoms with Crippen molar-refractivity contribution in [2.45, 2.75) is 36.1 Å². The average molecular weight is 425 g/mol. The van der Waals surface area contributed by atoms with E-state index in [4.69, 9.17) is 17.3 Å². The molecule has 8 nitrogen and oxygen atoms in total. The van der Waals surface area contributed by atoms with Crippen LogP contribution in [0, 0.1) is 0 Å². The van der Waals surface area contributed by atoms with Gasteiger partial charge in [0, 0.05) is 15.7 Å². The predicted octanol–water partition coefficient (Wildman–Crippen LogP) is -3.39. The smallest absolute Gasteiger partial charge is 0.548 e. The minimum Gasteiger partial charge on any atom is -0.548 e. The van der Waals surface area contributed by atoms with Gasteiger partial charge in [0.1, 0.15) is 11.4 Å². The topological polar surface area (TPSA) is 128 Å². The standard InChI is InChI=1S/C14H15ClN4O4S2.Na/c1-14(2)8(12(22)23)19-10(21)7(11(19)25-14)18-9(20)5(3-15)6-4-24-13(16)17-6;/h3-4,7-8,11H,1-2H3,(H2,16,17)(H,18,20)(H,22,23);/q;+1/p-1/b5-3+;/t7?,8-,11+;/m0./s1. The van der Waals surface area contributed by atoms with Crippen molar-refractivity contribution in [3.05, 3.63) is 16.6 Å². The van der Waals surface area contributed by atoms with Crippen molar-refractivity contribution >= 4 is 63.2 Å². The molecule has 0 spiro atoms. The number of thiazole rings is 1. The molecule has 0 radical (unpaired) electrons. The zero-order valence-electron chi connectivity index (χ0n) is 14.2. The van der Waals surface area contributed by atoms with Gasteiger partial charge in [-0.2, -0.15) is 0 Å². The van der Waals surface area contributed by atoms with Crippen LogP contribution in [0.2, 0.25) is 0 Å². The number of anilines is 1. The maximum absolute atomic E-state index is 12.4. The summed E-state index contributed by atoms with van der Waals surface area (Å²) >= 11 is 8.19. The van der Waals surface area contributed by atoms with Gasteiger partial charge in [-0.3, -0.25) is 9.59 Å². The normalized spacial score (nSPS) is 26.6. The first-order chi connectivity index (χ1) is 11.7. The van der Waals surface area contributed by atoms with Crippen molar-refractivity contribution in [2.75, 3.05) is 5.73 Å². The van der Waals surface area contributed by atoms with Gasteiger partial charge in [-0.1, -0.05) is 11.6 Å². The van der Waals surface area contributed by atoms with Crippen LogP contribution in [0.4, 0.5) is 5.13 Å². The number of hydrogen-bond acceptors (Lipinski definition) is 8. The fourth-order valence-electron chi connectivity index (χ4n) is 2.98. The van der Waals surface area contributed by atoms with E-state index in [0.717, 1.165) is 16.9 Å². The van der Waals surface area contributed by atoms with E-state index in [-0.39, 0.29) is 40.3 Å². The summed E-state index contributed by atoms with van der Waals surface area (Å²) in [7, 11) is 0. The number of nitrogen functional groups attached to an aromatic ring is 1. The van der Waals surface area contributed by atoms with Crippen LogP contribution in [0.3, 0.4) is 0 Å². The Kier molecular flexibility index (Phi) is 6.36. The van der Waals surface area contributed by atoms with Gasteiger partial charge in [0.15, 0.2) is 5.13 Å². The largest absolute Gasteiger partial charge is 1.00 e. The fraction of sp³-hybridized carbons (Fsp3) is 0.429. The number of carboxylic acid groups (broad SMARTS) is 1. The molecule has 12 heteroatoms. The van der Waals surface area contributed by atoms with Crippen molar-refractivity contribution in [3.63, 3.8) is 0 Å². The van der Waals surface area contributed by atoms with Crippen LogP contribution in [0.1, 0.15) is 19.5 Å². The molecule has 1 aromatic heterocycles.